The number of fused-ring (bicyclic) bond motifs is 1. The fraction of sp³-hybridized carbons (Fsp3) is 0.324. The number of thiazole rings is 1. The minimum Gasteiger partial charge on any atom is -0.481 e. The summed E-state index contributed by atoms with van der Waals surface area (Å²) in [7, 11) is 1.59. The van der Waals surface area contributed by atoms with Gasteiger partial charge in [-0.15, -0.1) is 11.3 Å². The molecule has 2 aliphatic heterocycles. The number of likely N-dealkylation sites (tertiary alicyclic amines) is 1. The molecule has 1 amide bonds. The molecule has 2 aliphatic rings. The molecule has 2 aromatic carbocycles. The van der Waals surface area contributed by atoms with Gasteiger partial charge in [0.1, 0.15) is 10.5 Å². The van der Waals surface area contributed by atoms with Crippen molar-refractivity contribution in [2.75, 3.05) is 32.1 Å². The van der Waals surface area contributed by atoms with Crippen molar-refractivity contribution in [3.63, 3.8) is 0 Å². The number of carboxylic acid groups (broad SMARTS) is 1. The highest BCUT2D eigenvalue weighted by Gasteiger charge is 2.25. The number of ether oxygens (including phenoxy) is 1. The summed E-state index contributed by atoms with van der Waals surface area (Å²) in [6.07, 6.45) is 4.45. The molecule has 0 radical (unpaired) electrons. The SMILES string of the molecule is COc1nc(-c2cccc(-c3cccc(Nc4nccc5sc(CN6CCC(C(=O)O)CC6)nc45)c3Cl)c2Cl)ccc1CNC[C@@H]1CCC(=O)N1. The number of aliphatic carboxylic acids is 1. The van der Waals surface area contributed by atoms with Crippen LogP contribution in [0.4, 0.5) is 11.5 Å². The minimum atomic E-state index is -0.713. The number of pyridine rings is 2. The second kappa shape index (κ2) is 15.5. The van der Waals surface area contributed by atoms with Gasteiger partial charge in [-0.3, -0.25) is 14.5 Å². The number of aromatic nitrogens is 3. The van der Waals surface area contributed by atoms with Crippen LogP contribution in [0.5, 0.6) is 5.88 Å². The van der Waals surface area contributed by atoms with Crippen molar-refractivity contribution < 1.29 is 19.4 Å². The molecule has 264 valence electrons. The van der Waals surface area contributed by atoms with Gasteiger partial charge in [0.2, 0.25) is 11.8 Å². The maximum Gasteiger partial charge on any atom is 0.306 e. The number of nitrogens with zero attached hydrogens (tertiary/aromatic N) is 4. The van der Waals surface area contributed by atoms with Gasteiger partial charge < -0.3 is 25.8 Å². The third-order valence-corrected chi connectivity index (χ3v) is 11.2. The minimum absolute atomic E-state index is 0.0954. The van der Waals surface area contributed by atoms with Crippen molar-refractivity contribution in [1.82, 2.24) is 30.5 Å². The summed E-state index contributed by atoms with van der Waals surface area (Å²) in [5, 5.41) is 21.1. The van der Waals surface area contributed by atoms with Crippen LogP contribution in [0.25, 0.3) is 32.6 Å². The fourth-order valence-corrected chi connectivity index (χ4v) is 8.24. The Balaban J connectivity index is 1.09. The summed E-state index contributed by atoms with van der Waals surface area (Å²) < 4.78 is 6.65. The van der Waals surface area contributed by atoms with E-state index in [0.29, 0.717) is 72.0 Å². The zero-order chi connectivity index (χ0) is 35.5. The van der Waals surface area contributed by atoms with Crippen molar-refractivity contribution in [2.24, 2.45) is 5.92 Å². The van der Waals surface area contributed by atoms with E-state index in [-0.39, 0.29) is 17.9 Å². The van der Waals surface area contributed by atoms with Crippen LogP contribution in [0, 0.1) is 5.92 Å². The number of halogens is 2. The van der Waals surface area contributed by atoms with Crippen LogP contribution in [0.15, 0.2) is 60.8 Å². The normalized spacial score (nSPS) is 16.8. The molecule has 0 spiro atoms. The number of piperidine rings is 1. The van der Waals surface area contributed by atoms with Gasteiger partial charge in [0.15, 0.2) is 5.82 Å². The zero-order valence-corrected chi connectivity index (χ0v) is 30.2. The Bertz CT molecular complexity index is 2090. The number of carboxylic acids is 1. The molecule has 2 fully saturated rings. The van der Waals surface area contributed by atoms with E-state index >= 15 is 0 Å². The van der Waals surface area contributed by atoms with Crippen molar-refractivity contribution in [2.45, 2.75) is 44.8 Å². The molecule has 2 saturated heterocycles. The number of hydrogen-bond acceptors (Lipinski definition) is 10. The number of carbonyl (C=O) groups is 2. The van der Waals surface area contributed by atoms with Gasteiger partial charge in [0.05, 0.1) is 45.7 Å². The Hall–Kier alpha value is -4.33. The third kappa shape index (κ3) is 7.80. The lowest BCUT2D eigenvalue weighted by Gasteiger charge is -2.29. The Kier molecular flexibility index (Phi) is 10.7. The molecule has 0 aliphatic carbocycles. The van der Waals surface area contributed by atoms with Crippen molar-refractivity contribution >= 4 is 68.1 Å². The standard InChI is InChI=1S/C37H37Cl2N7O4S/c1-50-36-22(18-40-19-23-9-11-30(47)42-23)8-10-27(44-36)26-6-2-4-24(32(26)38)25-5-3-7-28(33(25)39)43-35-34-29(12-15-41-35)51-31(45-34)20-46-16-13-21(14-17-46)37(48)49/h2-8,10,12,15,21,23,40H,9,11,13-14,16-20H2,1H3,(H,41,43)(H,42,47)(H,48,49)/t23-/m0/s1. The van der Waals surface area contributed by atoms with E-state index in [1.54, 1.807) is 24.6 Å². The van der Waals surface area contributed by atoms with Crippen molar-refractivity contribution in [3.05, 3.63) is 81.4 Å². The van der Waals surface area contributed by atoms with Crippen LogP contribution in [-0.2, 0) is 22.7 Å². The zero-order valence-electron chi connectivity index (χ0n) is 27.9. The quantitative estimate of drug-likeness (QED) is 0.104. The first kappa shape index (κ1) is 35.1. The Morgan fingerprint density at radius 2 is 1.78 bits per heavy atom. The summed E-state index contributed by atoms with van der Waals surface area (Å²) in [4.78, 5) is 39.4. The maximum absolute atomic E-state index is 11.5. The molecular weight excluding hydrogens is 709 g/mol. The second-order valence-corrected chi connectivity index (χ2v) is 14.6. The van der Waals surface area contributed by atoms with Crippen LogP contribution in [0.3, 0.4) is 0 Å². The Morgan fingerprint density at radius 3 is 2.53 bits per heavy atom. The number of carbonyl (C=O) groups excluding carboxylic acids is 1. The van der Waals surface area contributed by atoms with Crippen LogP contribution in [0.2, 0.25) is 10.0 Å². The molecule has 3 aromatic heterocycles. The molecule has 0 unspecified atom stereocenters. The van der Waals surface area contributed by atoms with E-state index in [9.17, 15) is 14.7 Å². The highest BCUT2D eigenvalue weighted by atomic mass is 35.5. The molecule has 14 heteroatoms. The molecule has 7 rings (SSSR count). The summed E-state index contributed by atoms with van der Waals surface area (Å²) in [6, 6.07) is 17.5. The number of amides is 1. The molecule has 5 heterocycles. The van der Waals surface area contributed by atoms with Crippen LogP contribution >= 0.6 is 34.5 Å². The summed E-state index contributed by atoms with van der Waals surface area (Å²) in [5.41, 5.74) is 5.22. The van der Waals surface area contributed by atoms with Gasteiger partial charge in [-0.2, -0.15) is 0 Å². The van der Waals surface area contributed by atoms with Gasteiger partial charge in [0, 0.05) is 54.0 Å². The van der Waals surface area contributed by atoms with Crippen molar-refractivity contribution in [1.29, 1.82) is 0 Å². The highest BCUT2D eigenvalue weighted by molar-refractivity contribution is 7.18. The number of nitrogens with one attached hydrogen (secondary N) is 3. The van der Waals surface area contributed by atoms with Crippen LogP contribution in [0.1, 0.15) is 36.3 Å². The van der Waals surface area contributed by atoms with Crippen LogP contribution < -0.4 is 20.7 Å². The molecule has 51 heavy (non-hydrogen) atoms. The molecule has 1 atom stereocenters. The predicted octanol–water partition coefficient (Wildman–Crippen LogP) is 7.14. The Morgan fingerprint density at radius 1 is 1.02 bits per heavy atom. The number of benzene rings is 2. The Labute approximate surface area is 309 Å². The molecule has 0 saturated carbocycles. The van der Waals surface area contributed by atoms with E-state index in [0.717, 1.165) is 57.0 Å². The third-order valence-electron chi connectivity index (χ3n) is 9.39. The molecule has 11 nitrogen and oxygen atoms in total. The molecule has 4 N–H and O–H groups in total. The predicted molar refractivity (Wildman–Crippen MR) is 201 cm³/mol. The van der Waals surface area contributed by atoms with Crippen LogP contribution in [-0.4, -0.2) is 69.6 Å². The smallest absolute Gasteiger partial charge is 0.306 e. The lowest BCUT2D eigenvalue weighted by molar-refractivity contribution is -0.143. The van der Waals surface area contributed by atoms with E-state index in [1.807, 2.05) is 54.6 Å². The van der Waals surface area contributed by atoms with Gasteiger partial charge in [0.25, 0.3) is 0 Å². The van der Waals surface area contributed by atoms with Crippen molar-refractivity contribution in [3.8, 4) is 28.3 Å². The average Bonchev–Trinajstić information content (AvgIpc) is 3.75. The summed E-state index contributed by atoms with van der Waals surface area (Å²) in [6.45, 7) is 3.35. The topological polar surface area (TPSA) is 142 Å². The maximum atomic E-state index is 11.5. The van der Waals surface area contributed by atoms with Gasteiger partial charge >= 0.3 is 5.97 Å². The first-order valence-electron chi connectivity index (χ1n) is 16.9. The second-order valence-electron chi connectivity index (χ2n) is 12.8. The molecule has 5 aromatic rings. The lowest BCUT2D eigenvalue weighted by Crippen LogP contribution is -2.35. The molecular formula is C37H37Cl2N7O4S. The van der Waals surface area contributed by atoms with Gasteiger partial charge in [-0.05, 0) is 50.6 Å². The van der Waals surface area contributed by atoms with Gasteiger partial charge in [-0.25, -0.2) is 15.0 Å². The van der Waals surface area contributed by atoms with E-state index in [2.05, 4.69) is 25.8 Å². The monoisotopic (exact) mass is 745 g/mol. The summed E-state index contributed by atoms with van der Waals surface area (Å²) >= 11 is 15.8. The first-order valence-corrected chi connectivity index (χ1v) is 18.4. The van der Waals surface area contributed by atoms with E-state index in [4.69, 9.17) is 37.9 Å². The average molecular weight is 747 g/mol. The molecule has 0 bridgehead atoms. The lowest BCUT2D eigenvalue weighted by atomic mass is 9.97. The summed E-state index contributed by atoms with van der Waals surface area (Å²) in [5.74, 6) is 0.204. The number of anilines is 2. The largest absolute Gasteiger partial charge is 0.481 e. The van der Waals surface area contributed by atoms with E-state index < -0.39 is 5.97 Å². The number of rotatable bonds is 12. The highest BCUT2D eigenvalue weighted by Crippen LogP contribution is 2.42. The van der Waals surface area contributed by atoms with E-state index in [1.165, 1.54) is 0 Å². The number of methoxy groups -OCH3 is 1. The fourth-order valence-electron chi connectivity index (χ4n) is 6.63. The first-order chi connectivity index (χ1) is 24.8. The van der Waals surface area contributed by atoms with Gasteiger partial charge in [-0.1, -0.05) is 59.6 Å². The number of hydrogen-bond donors (Lipinski definition) is 4.